The van der Waals surface area contributed by atoms with Gasteiger partial charge in [0.2, 0.25) is 5.91 Å². The van der Waals surface area contributed by atoms with Gasteiger partial charge in [-0.3, -0.25) is 4.79 Å². The molecule has 2 N–H and O–H groups in total. The quantitative estimate of drug-likeness (QED) is 0.896. The molecular formula is C20H23N3O2. The van der Waals surface area contributed by atoms with Crippen molar-refractivity contribution in [1.82, 2.24) is 9.97 Å². The molecule has 1 aromatic carbocycles. The molecule has 0 unspecified atom stereocenters. The Morgan fingerprint density at radius 3 is 2.80 bits per heavy atom. The summed E-state index contributed by atoms with van der Waals surface area (Å²) in [5.74, 6) is 1.43. The first-order valence-electron chi connectivity index (χ1n) is 9.10. The van der Waals surface area contributed by atoms with Gasteiger partial charge in [0.05, 0.1) is 17.1 Å². The van der Waals surface area contributed by atoms with Crippen molar-refractivity contribution in [2.24, 2.45) is 5.92 Å². The molecule has 1 saturated carbocycles. The molecule has 2 aliphatic carbocycles. The lowest BCUT2D eigenvalue weighted by Crippen LogP contribution is -2.17. The maximum atomic E-state index is 11.6. The van der Waals surface area contributed by atoms with Crippen molar-refractivity contribution in [2.45, 2.75) is 51.9 Å². The van der Waals surface area contributed by atoms with Crippen molar-refractivity contribution >= 4 is 11.7 Å². The van der Waals surface area contributed by atoms with Crippen molar-refractivity contribution in [1.29, 1.82) is 0 Å². The number of carbonyl (C=O) groups is 1. The number of aromatic nitrogens is 2. The molecule has 0 bridgehead atoms. The summed E-state index contributed by atoms with van der Waals surface area (Å²) in [6.07, 6.45) is 7.47. The molecule has 0 spiro atoms. The summed E-state index contributed by atoms with van der Waals surface area (Å²) in [6, 6.07) is 5.45. The molecule has 1 aromatic heterocycles. The lowest BCUT2D eigenvalue weighted by molar-refractivity contribution is -0.114. The number of fused-ring (bicyclic) bond motifs is 3. The lowest BCUT2D eigenvalue weighted by Gasteiger charge is -2.21. The fraction of sp³-hybridized carbons (Fsp3) is 0.450. The van der Waals surface area contributed by atoms with Crippen molar-refractivity contribution in [2.75, 3.05) is 5.32 Å². The van der Waals surface area contributed by atoms with Gasteiger partial charge in [-0.05, 0) is 48.9 Å². The van der Waals surface area contributed by atoms with Gasteiger partial charge in [-0.2, -0.15) is 0 Å². The van der Waals surface area contributed by atoms with Crippen molar-refractivity contribution in [3.05, 3.63) is 35.2 Å². The molecule has 2 aromatic rings. The first-order chi connectivity index (χ1) is 12.1. The minimum atomic E-state index is -0.108. The van der Waals surface area contributed by atoms with Gasteiger partial charge in [-0.15, -0.1) is 0 Å². The Balaban J connectivity index is 1.77. The van der Waals surface area contributed by atoms with Crippen molar-refractivity contribution in [3.63, 3.8) is 0 Å². The molecule has 5 heteroatoms. The van der Waals surface area contributed by atoms with Gasteiger partial charge in [0.25, 0.3) is 0 Å². The average molecular weight is 337 g/mol. The SMILES string of the molecule is CC(=O)Nc1nc2c(nc1CC1CCCC1)-c1ccc(O)cc1CC2. The van der Waals surface area contributed by atoms with Crippen LogP contribution in [0.15, 0.2) is 18.2 Å². The average Bonchev–Trinajstić information content (AvgIpc) is 3.07. The predicted octanol–water partition coefficient (Wildman–Crippen LogP) is 3.64. The minimum Gasteiger partial charge on any atom is -0.508 e. The minimum absolute atomic E-state index is 0.108. The summed E-state index contributed by atoms with van der Waals surface area (Å²) < 4.78 is 0. The fourth-order valence-corrected chi connectivity index (χ4v) is 4.06. The largest absolute Gasteiger partial charge is 0.508 e. The summed E-state index contributed by atoms with van der Waals surface area (Å²) in [7, 11) is 0. The van der Waals surface area contributed by atoms with Gasteiger partial charge in [-0.25, -0.2) is 9.97 Å². The number of carbonyl (C=O) groups excluding carboxylic acids is 1. The zero-order chi connectivity index (χ0) is 17.4. The van der Waals surface area contributed by atoms with Crippen LogP contribution in [-0.4, -0.2) is 21.0 Å². The van der Waals surface area contributed by atoms with E-state index in [9.17, 15) is 9.90 Å². The number of anilines is 1. The predicted molar refractivity (Wildman–Crippen MR) is 96.5 cm³/mol. The molecule has 1 heterocycles. The second-order valence-corrected chi connectivity index (χ2v) is 7.19. The van der Waals surface area contributed by atoms with Crippen LogP contribution < -0.4 is 5.32 Å². The number of rotatable bonds is 3. The van der Waals surface area contributed by atoms with Gasteiger partial charge in [0.1, 0.15) is 5.75 Å². The van der Waals surface area contributed by atoms with Crippen molar-refractivity contribution in [3.8, 4) is 17.0 Å². The Morgan fingerprint density at radius 1 is 1.24 bits per heavy atom. The third-order valence-corrected chi connectivity index (χ3v) is 5.27. The molecule has 0 aliphatic heterocycles. The highest BCUT2D eigenvalue weighted by atomic mass is 16.3. The van der Waals surface area contributed by atoms with Gasteiger partial charge in [0.15, 0.2) is 5.82 Å². The van der Waals surface area contributed by atoms with Crippen LogP contribution in [0.1, 0.15) is 49.6 Å². The Labute approximate surface area is 147 Å². The van der Waals surface area contributed by atoms with Gasteiger partial charge in [0, 0.05) is 12.5 Å². The number of phenolic OH excluding ortho intramolecular Hbond substituents is 1. The van der Waals surface area contributed by atoms with E-state index in [-0.39, 0.29) is 11.7 Å². The standard InChI is InChI=1S/C20H23N3O2/c1-12(24)21-20-18(10-13-4-2-3-5-13)22-19-16-8-7-15(25)11-14(16)6-9-17(19)23-20/h7-8,11,13,25H,2-6,9-10H2,1H3,(H,21,23,24). The summed E-state index contributed by atoms with van der Waals surface area (Å²) in [5.41, 5.74) is 4.89. The molecule has 1 fully saturated rings. The van der Waals surface area contributed by atoms with Crippen LogP contribution in [0.25, 0.3) is 11.3 Å². The second kappa shape index (κ2) is 6.47. The lowest BCUT2D eigenvalue weighted by atomic mass is 9.91. The highest BCUT2D eigenvalue weighted by molar-refractivity contribution is 5.88. The number of amides is 1. The van der Waals surface area contributed by atoms with Crippen LogP contribution in [0.2, 0.25) is 0 Å². The number of benzene rings is 1. The number of aromatic hydroxyl groups is 1. The molecule has 2 aliphatic rings. The van der Waals surface area contributed by atoms with E-state index in [0.717, 1.165) is 47.5 Å². The maximum absolute atomic E-state index is 11.6. The molecular weight excluding hydrogens is 314 g/mol. The second-order valence-electron chi connectivity index (χ2n) is 7.19. The van der Waals surface area contributed by atoms with E-state index in [2.05, 4.69) is 5.32 Å². The summed E-state index contributed by atoms with van der Waals surface area (Å²) in [6.45, 7) is 1.51. The number of nitrogens with zero attached hydrogens (tertiary/aromatic N) is 2. The smallest absolute Gasteiger partial charge is 0.222 e. The fourth-order valence-electron chi connectivity index (χ4n) is 4.06. The molecule has 5 nitrogen and oxygen atoms in total. The third-order valence-electron chi connectivity index (χ3n) is 5.27. The molecule has 130 valence electrons. The highest BCUT2D eigenvalue weighted by Gasteiger charge is 2.24. The Kier molecular flexibility index (Phi) is 4.15. The van der Waals surface area contributed by atoms with Gasteiger partial charge in [-0.1, -0.05) is 25.7 Å². The number of aryl methyl sites for hydroxylation is 2. The first-order valence-corrected chi connectivity index (χ1v) is 9.10. The van der Waals surface area contributed by atoms with Crippen LogP contribution >= 0.6 is 0 Å². The topological polar surface area (TPSA) is 75.1 Å². The van der Waals surface area contributed by atoms with E-state index in [1.165, 1.54) is 32.6 Å². The van der Waals surface area contributed by atoms with E-state index in [1.807, 2.05) is 12.1 Å². The number of nitrogens with one attached hydrogen (secondary N) is 1. The van der Waals surface area contributed by atoms with Crippen LogP contribution in [-0.2, 0) is 24.1 Å². The Morgan fingerprint density at radius 2 is 2.04 bits per heavy atom. The molecule has 25 heavy (non-hydrogen) atoms. The van der Waals surface area contributed by atoms with Crippen molar-refractivity contribution < 1.29 is 9.90 Å². The van der Waals surface area contributed by atoms with E-state index in [0.29, 0.717) is 11.7 Å². The van der Waals surface area contributed by atoms with Gasteiger partial charge < -0.3 is 10.4 Å². The number of hydrogen-bond acceptors (Lipinski definition) is 4. The normalized spacial score (nSPS) is 16.4. The Bertz CT molecular complexity index is 826. The van der Waals surface area contributed by atoms with Crippen LogP contribution in [0.3, 0.4) is 0 Å². The van der Waals surface area contributed by atoms with Gasteiger partial charge >= 0.3 is 0 Å². The molecule has 1 amide bonds. The molecule has 0 atom stereocenters. The van der Waals surface area contributed by atoms with E-state index in [4.69, 9.17) is 9.97 Å². The van der Waals surface area contributed by atoms with E-state index < -0.39 is 0 Å². The van der Waals surface area contributed by atoms with Crippen LogP contribution in [0, 0.1) is 5.92 Å². The maximum Gasteiger partial charge on any atom is 0.222 e. The van der Waals surface area contributed by atoms with Crippen LogP contribution in [0.4, 0.5) is 5.82 Å². The molecule has 0 saturated heterocycles. The highest BCUT2D eigenvalue weighted by Crippen LogP contribution is 2.36. The number of hydrogen-bond donors (Lipinski definition) is 2. The number of phenols is 1. The monoisotopic (exact) mass is 337 g/mol. The first kappa shape index (κ1) is 16.1. The molecule has 0 radical (unpaired) electrons. The summed E-state index contributed by atoms with van der Waals surface area (Å²) in [5, 5.41) is 12.6. The summed E-state index contributed by atoms with van der Waals surface area (Å²) >= 11 is 0. The van der Waals surface area contributed by atoms with E-state index in [1.54, 1.807) is 6.07 Å². The van der Waals surface area contributed by atoms with E-state index >= 15 is 0 Å². The summed E-state index contributed by atoms with van der Waals surface area (Å²) in [4.78, 5) is 21.3. The zero-order valence-corrected chi connectivity index (χ0v) is 14.5. The third kappa shape index (κ3) is 3.23. The Hall–Kier alpha value is -2.43. The zero-order valence-electron chi connectivity index (χ0n) is 14.5. The molecule has 4 rings (SSSR count). The van der Waals surface area contributed by atoms with Crippen LogP contribution in [0.5, 0.6) is 5.75 Å².